The van der Waals surface area contributed by atoms with Gasteiger partial charge in [0.15, 0.2) is 5.78 Å². The highest BCUT2D eigenvalue weighted by Crippen LogP contribution is 2.49. The maximum absolute atomic E-state index is 14.0. The largest absolute Gasteiger partial charge is 0.416 e. The summed E-state index contributed by atoms with van der Waals surface area (Å²) in [5, 5.41) is 5.83. The second kappa shape index (κ2) is 8.69. The molecule has 9 heteroatoms. The number of dihydropyridines is 1. The number of hydrogen-bond donors (Lipinski definition) is 2. The van der Waals surface area contributed by atoms with Crippen LogP contribution in [-0.4, -0.2) is 16.7 Å². The van der Waals surface area contributed by atoms with Crippen molar-refractivity contribution >= 4 is 33.4 Å². The van der Waals surface area contributed by atoms with E-state index >= 15 is 0 Å². The second-order valence-corrected chi connectivity index (χ2v) is 10.2. The van der Waals surface area contributed by atoms with E-state index in [9.17, 15) is 22.8 Å². The third-order valence-corrected chi connectivity index (χ3v) is 6.50. The molecule has 1 aliphatic carbocycles. The van der Waals surface area contributed by atoms with Gasteiger partial charge in [-0.25, -0.2) is 4.98 Å². The van der Waals surface area contributed by atoms with Crippen molar-refractivity contribution in [2.45, 2.75) is 45.7 Å². The Hall–Kier alpha value is -2.94. The third-order valence-electron chi connectivity index (χ3n) is 6.03. The molecule has 2 aliphatic rings. The van der Waals surface area contributed by atoms with E-state index in [2.05, 4.69) is 31.5 Å². The van der Waals surface area contributed by atoms with Crippen LogP contribution in [0, 0.1) is 5.41 Å². The van der Waals surface area contributed by atoms with Gasteiger partial charge in [-0.2, -0.15) is 13.2 Å². The van der Waals surface area contributed by atoms with Crippen LogP contribution in [0.4, 0.5) is 19.0 Å². The third kappa shape index (κ3) is 4.66. The molecule has 0 fully saturated rings. The summed E-state index contributed by atoms with van der Waals surface area (Å²) < 4.78 is 42.7. The highest BCUT2D eigenvalue weighted by Gasteiger charge is 2.45. The zero-order valence-corrected chi connectivity index (χ0v) is 20.4. The van der Waals surface area contributed by atoms with Crippen molar-refractivity contribution in [3.8, 4) is 0 Å². The number of hydrogen-bond acceptors (Lipinski definition) is 4. The molecule has 2 aromatic rings. The molecule has 0 radical (unpaired) electrons. The van der Waals surface area contributed by atoms with Crippen molar-refractivity contribution in [1.29, 1.82) is 0 Å². The topological polar surface area (TPSA) is 71.1 Å². The number of nitrogens with one attached hydrogen (secondary N) is 2. The molecule has 1 aromatic heterocycles. The van der Waals surface area contributed by atoms with E-state index in [1.807, 2.05) is 13.8 Å². The number of pyridine rings is 1. The number of amides is 1. The van der Waals surface area contributed by atoms with Crippen LogP contribution in [0.25, 0.3) is 0 Å². The number of alkyl halides is 3. The monoisotopic (exact) mass is 533 g/mol. The van der Waals surface area contributed by atoms with Crippen LogP contribution < -0.4 is 10.6 Å². The van der Waals surface area contributed by atoms with Crippen molar-refractivity contribution < 1.29 is 22.8 Å². The SMILES string of the molecule is CC1=C(C(=O)Nc2ccc(Br)cn2)[C@@H](c2ccccc2C(F)(F)F)C2=C(CC(C)(C)CC2=O)N1. The Kier molecular flexibility index (Phi) is 6.18. The standard InChI is InChI=1S/C25H23BrF3N3O2/c1-13-20(23(34)32-19-9-8-14(26)12-30-19)21(15-6-4-5-7-16(15)25(27,28)29)22-17(31-13)10-24(2,3)11-18(22)33/h4-9,12,21,31H,10-11H2,1-3H3,(H,30,32,34)/t21-/m1/s1. The first kappa shape index (κ1) is 24.2. The van der Waals surface area contributed by atoms with E-state index < -0.39 is 23.6 Å². The van der Waals surface area contributed by atoms with Crippen LogP contribution in [0.2, 0.25) is 0 Å². The van der Waals surface area contributed by atoms with Crippen molar-refractivity contribution in [1.82, 2.24) is 10.3 Å². The fourth-order valence-corrected chi connectivity index (χ4v) is 4.92. The smallest absolute Gasteiger partial charge is 0.362 e. The molecular weight excluding hydrogens is 511 g/mol. The molecule has 4 rings (SSSR count). The molecule has 178 valence electrons. The number of rotatable bonds is 3. The van der Waals surface area contributed by atoms with Crippen LogP contribution in [0.15, 0.2) is 69.6 Å². The average molecular weight is 534 g/mol. The molecule has 0 saturated heterocycles. The number of allylic oxidation sites excluding steroid dienone is 3. The Bertz CT molecular complexity index is 1230. The molecule has 0 spiro atoms. The van der Waals surface area contributed by atoms with E-state index in [0.29, 0.717) is 22.3 Å². The molecule has 2 heterocycles. The van der Waals surface area contributed by atoms with E-state index in [1.54, 1.807) is 19.1 Å². The first-order valence-corrected chi connectivity index (χ1v) is 11.5. The molecule has 2 N–H and O–H groups in total. The number of halogens is 4. The molecule has 1 aromatic carbocycles. The highest BCUT2D eigenvalue weighted by atomic mass is 79.9. The summed E-state index contributed by atoms with van der Waals surface area (Å²) in [5.74, 6) is -1.80. The summed E-state index contributed by atoms with van der Waals surface area (Å²) >= 11 is 3.27. The zero-order valence-electron chi connectivity index (χ0n) is 18.8. The number of anilines is 1. The molecule has 1 atom stereocenters. The van der Waals surface area contributed by atoms with Gasteiger partial charge >= 0.3 is 6.18 Å². The molecule has 0 bridgehead atoms. The van der Waals surface area contributed by atoms with Gasteiger partial charge in [0.05, 0.1) is 5.56 Å². The van der Waals surface area contributed by atoms with Crippen molar-refractivity contribution in [2.24, 2.45) is 5.41 Å². The van der Waals surface area contributed by atoms with Gasteiger partial charge in [-0.05, 0) is 58.5 Å². The molecule has 1 amide bonds. The van der Waals surface area contributed by atoms with E-state index in [0.717, 1.165) is 6.07 Å². The predicted octanol–water partition coefficient (Wildman–Crippen LogP) is 6.11. The van der Waals surface area contributed by atoms with E-state index in [1.165, 1.54) is 24.4 Å². The minimum Gasteiger partial charge on any atom is -0.362 e. The zero-order chi connectivity index (χ0) is 24.8. The van der Waals surface area contributed by atoms with Gasteiger partial charge in [0.1, 0.15) is 5.82 Å². The Morgan fingerprint density at radius 2 is 1.88 bits per heavy atom. The summed E-state index contributed by atoms with van der Waals surface area (Å²) in [7, 11) is 0. The minimum atomic E-state index is -4.65. The Morgan fingerprint density at radius 1 is 1.18 bits per heavy atom. The molecule has 0 unspecified atom stereocenters. The highest BCUT2D eigenvalue weighted by molar-refractivity contribution is 9.10. The van der Waals surface area contributed by atoms with Crippen molar-refractivity contribution in [2.75, 3.05) is 5.32 Å². The van der Waals surface area contributed by atoms with Crippen LogP contribution in [0.3, 0.4) is 0 Å². The normalized spacial score (nSPS) is 20.1. The Labute approximate surface area is 203 Å². The molecule has 34 heavy (non-hydrogen) atoms. The summed E-state index contributed by atoms with van der Waals surface area (Å²) in [6.45, 7) is 5.52. The number of benzene rings is 1. The number of Topliss-reactive ketones (excluding diaryl/α,β-unsaturated/α-hetero) is 1. The minimum absolute atomic E-state index is 0.0632. The number of ketones is 1. The van der Waals surface area contributed by atoms with Crippen LogP contribution in [0.5, 0.6) is 0 Å². The van der Waals surface area contributed by atoms with Gasteiger partial charge in [-0.15, -0.1) is 0 Å². The first-order chi connectivity index (χ1) is 15.9. The van der Waals surface area contributed by atoms with Gasteiger partial charge in [0.2, 0.25) is 0 Å². The molecule has 0 saturated carbocycles. The lowest BCUT2D eigenvalue weighted by molar-refractivity contribution is -0.138. The quantitative estimate of drug-likeness (QED) is 0.499. The fraction of sp³-hybridized carbons (Fsp3) is 0.320. The lowest BCUT2D eigenvalue weighted by Gasteiger charge is -2.40. The molecular formula is C25H23BrF3N3O2. The van der Waals surface area contributed by atoms with Crippen molar-refractivity contribution in [3.63, 3.8) is 0 Å². The number of nitrogens with zero attached hydrogens (tertiary/aromatic N) is 1. The van der Waals surface area contributed by atoms with Crippen LogP contribution in [0.1, 0.15) is 50.7 Å². The average Bonchev–Trinajstić information content (AvgIpc) is 2.72. The van der Waals surface area contributed by atoms with Gasteiger partial charge in [-0.1, -0.05) is 32.0 Å². The second-order valence-electron chi connectivity index (χ2n) is 9.33. The lowest BCUT2D eigenvalue weighted by atomic mass is 9.68. The van der Waals surface area contributed by atoms with Gasteiger partial charge in [0, 0.05) is 45.5 Å². The Balaban J connectivity index is 1.88. The van der Waals surface area contributed by atoms with Crippen molar-refractivity contribution in [3.05, 3.63) is 80.7 Å². The van der Waals surface area contributed by atoms with Gasteiger partial charge in [0.25, 0.3) is 5.91 Å². The fourth-order valence-electron chi connectivity index (χ4n) is 4.69. The number of carbonyl (C=O) groups excluding carboxylic acids is 2. The summed E-state index contributed by atoms with van der Waals surface area (Å²) in [5.41, 5.74) is -0.0847. The summed E-state index contributed by atoms with van der Waals surface area (Å²) in [6, 6.07) is 8.38. The summed E-state index contributed by atoms with van der Waals surface area (Å²) in [4.78, 5) is 30.9. The van der Waals surface area contributed by atoms with Gasteiger partial charge in [-0.3, -0.25) is 9.59 Å². The maximum Gasteiger partial charge on any atom is 0.416 e. The molecule has 5 nitrogen and oxygen atoms in total. The number of aromatic nitrogens is 1. The molecule has 1 aliphatic heterocycles. The van der Waals surface area contributed by atoms with Crippen LogP contribution in [-0.2, 0) is 15.8 Å². The van der Waals surface area contributed by atoms with Crippen LogP contribution >= 0.6 is 15.9 Å². The van der Waals surface area contributed by atoms with E-state index in [4.69, 9.17) is 0 Å². The maximum atomic E-state index is 14.0. The van der Waals surface area contributed by atoms with E-state index in [-0.39, 0.29) is 40.1 Å². The Morgan fingerprint density at radius 3 is 2.53 bits per heavy atom. The first-order valence-electron chi connectivity index (χ1n) is 10.7. The lowest BCUT2D eigenvalue weighted by Crippen LogP contribution is -2.39. The summed E-state index contributed by atoms with van der Waals surface area (Å²) in [6.07, 6.45) is -2.48. The predicted molar refractivity (Wildman–Crippen MR) is 126 cm³/mol. The van der Waals surface area contributed by atoms with Gasteiger partial charge < -0.3 is 10.6 Å². The number of carbonyl (C=O) groups is 2.